The summed E-state index contributed by atoms with van der Waals surface area (Å²) in [6.07, 6.45) is 0.578. The molecule has 0 amide bonds. The van der Waals surface area contributed by atoms with Crippen molar-refractivity contribution in [3.63, 3.8) is 0 Å². The highest BCUT2D eigenvalue weighted by molar-refractivity contribution is 5.74. The lowest BCUT2D eigenvalue weighted by Crippen LogP contribution is -2.25. The molecule has 56 valence electrons. The Balaban J connectivity index is 4.26. The highest BCUT2D eigenvalue weighted by Crippen LogP contribution is 2.24. The van der Waals surface area contributed by atoms with Crippen LogP contribution in [0.2, 0.25) is 0 Å². The molecule has 0 aliphatic carbocycles. The van der Waals surface area contributed by atoms with Crippen LogP contribution in [0.25, 0.3) is 0 Å². The first-order valence-electron chi connectivity index (χ1n) is 3.17. The number of rotatable bonds is 3. The highest BCUT2D eigenvalue weighted by Gasteiger charge is 2.30. The molecule has 0 bridgehead atoms. The average molecular weight is 141 g/mol. The topological polar surface area (TPSA) is 61.1 Å². The van der Waals surface area contributed by atoms with E-state index in [2.05, 4.69) is 0 Å². The molecular formula is C7H11NO2. The molecule has 0 heterocycles. The van der Waals surface area contributed by atoms with Gasteiger partial charge in [-0.25, -0.2) is 0 Å². The monoisotopic (exact) mass is 141 g/mol. The SMILES string of the molecule is CCC(C)(CC#N)C(=O)O. The van der Waals surface area contributed by atoms with Crippen molar-refractivity contribution in [3.05, 3.63) is 0 Å². The molecule has 0 saturated carbocycles. The fourth-order valence-corrected chi connectivity index (χ4v) is 0.526. The van der Waals surface area contributed by atoms with Crippen molar-refractivity contribution in [2.45, 2.75) is 26.7 Å². The zero-order chi connectivity index (χ0) is 8.20. The summed E-state index contributed by atoms with van der Waals surface area (Å²) in [6, 6.07) is 1.86. The van der Waals surface area contributed by atoms with E-state index in [0.717, 1.165) is 0 Å². The van der Waals surface area contributed by atoms with E-state index >= 15 is 0 Å². The van der Waals surface area contributed by atoms with Gasteiger partial charge in [0.05, 0.1) is 17.9 Å². The van der Waals surface area contributed by atoms with Gasteiger partial charge in [0.15, 0.2) is 0 Å². The Morgan fingerprint density at radius 1 is 1.80 bits per heavy atom. The van der Waals surface area contributed by atoms with Crippen molar-refractivity contribution in [2.75, 3.05) is 0 Å². The van der Waals surface area contributed by atoms with Crippen LogP contribution in [-0.2, 0) is 4.79 Å². The van der Waals surface area contributed by atoms with Gasteiger partial charge in [0.1, 0.15) is 0 Å². The molecule has 1 atom stereocenters. The normalized spacial score (nSPS) is 15.3. The number of nitrogens with zero attached hydrogens (tertiary/aromatic N) is 1. The summed E-state index contributed by atoms with van der Waals surface area (Å²) in [6.45, 7) is 3.35. The van der Waals surface area contributed by atoms with Gasteiger partial charge in [-0.1, -0.05) is 6.92 Å². The molecule has 3 nitrogen and oxygen atoms in total. The summed E-state index contributed by atoms with van der Waals surface area (Å²) in [7, 11) is 0. The third-order valence-corrected chi connectivity index (χ3v) is 1.77. The molecule has 0 aromatic rings. The zero-order valence-corrected chi connectivity index (χ0v) is 6.22. The van der Waals surface area contributed by atoms with E-state index in [1.807, 2.05) is 6.07 Å². The van der Waals surface area contributed by atoms with Gasteiger partial charge in [0, 0.05) is 0 Å². The number of nitriles is 1. The minimum atomic E-state index is -0.892. The first-order chi connectivity index (χ1) is 4.56. The van der Waals surface area contributed by atoms with Gasteiger partial charge in [-0.2, -0.15) is 5.26 Å². The summed E-state index contributed by atoms with van der Waals surface area (Å²) in [5.41, 5.74) is -0.852. The molecule has 0 fully saturated rings. The summed E-state index contributed by atoms with van der Waals surface area (Å²) < 4.78 is 0. The second-order valence-electron chi connectivity index (χ2n) is 2.55. The standard InChI is InChI=1S/C7H11NO2/c1-3-7(2,4-5-8)6(9)10/h3-4H2,1-2H3,(H,9,10). The molecule has 0 radical (unpaired) electrons. The maximum absolute atomic E-state index is 10.5. The van der Waals surface area contributed by atoms with Crippen molar-refractivity contribution in [2.24, 2.45) is 5.41 Å². The molecule has 3 heteroatoms. The van der Waals surface area contributed by atoms with Crippen molar-refractivity contribution >= 4 is 5.97 Å². The summed E-state index contributed by atoms with van der Waals surface area (Å²) >= 11 is 0. The van der Waals surface area contributed by atoms with Crippen LogP contribution in [0.4, 0.5) is 0 Å². The van der Waals surface area contributed by atoms with E-state index in [9.17, 15) is 4.79 Å². The third-order valence-electron chi connectivity index (χ3n) is 1.77. The van der Waals surface area contributed by atoms with Gasteiger partial charge < -0.3 is 5.11 Å². The summed E-state index contributed by atoms with van der Waals surface area (Å²) in [5, 5.41) is 16.9. The van der Waals surface area contributed by atoms with Crippen LogP contribution in [0, 0.1) is 16.7 Å². The van der Waals surface area contributed by atoms with E-state index in [4.69, 9.17) is 10.4 Å². The maximum atomic E-state index is 10.5. The fraction of sp³-hybridized carbons (Fsp3) is 0.714. The Morgan fingerprint density at radius 2 is 2.30 bits per heavy atom. The van der Waals surface area contributed by atoms with Gasteiger partial charge in [-0.05, 0) is 13.3 Å². The molecule has 0 aromatic carbocycles. The van der Waals surface area contributed by atoms with E-state index in [1.54, 1.807) is 13.8 Å². The van der Waals surface area contributed by atoms with Crippen molar-refractivity contribution < 1.29 is 9.90 Å². The lowest BCUT2D eigenvalue weighted by molar-refractivity contribution is -0.147. The molecule has 0 aliphatic rings. The van der Waals surface area contributed by atoms with Crippen LogP contribution >= 0.6 is 0 Å². The number of hydrogen-bond acceptors (Lipinski definition) is 2. The Kier molecular flexibility index (Phi) is 2.88. The summed E-state index contributed by atoms with van der Waals surface area (Å²) in [5.74, 6) is -0.892. The van der Waals surface area contributed by atoms with E-state index < -0.39 is 11.4 Å². The minimum Gasteiger partial charge on any atom is -0.481 e. The number of carboxylic acid groups (broad SMARTS) is 1. The number of aliphatic carboxylic acids is 1. The first kappa shape index (κ1) is 8.96. The van der Waals surface area contributed by atoms with Crippen LogP contribution in [0.15, 0.2) is 0 Å². The molecule has 1 N–H and O–H groups in total. The molecule has 0 aliphatic heterocycles. The van der Waals surface area contributed by atoms with Crippen LogP contribution < -0.4 is 0 Å². The predicted molar refractivity (Wildman–Crippen MR) is 36.3 cm³/mol. The first-order valence-corrected chi connectivity index (χ1v) is 3.17. The lowest BCUT2D eigenvalue weighted by atomic mass is 9.85. The fourth-order valence-electron chi connectivity index (χ4n) is 0.526. The Hall–Kier alpha value is -1.04. The van der Waals surface area contributed by atoms with Gasteiger partial charge in [-0.3, -0.25) is 4.79 Å². The molecule has 0 rings (SSSR count). The third kappa shape index (κ3) is 1.73. The number of carbonyl (C=O) groups is 1. The zero-order valence-electron chi connectivity index (χ0n) is 6.22. The highest BCUT2D eigenvalue weighted by atomic mass is 16.4. The Morgan fingerprint density at radius 3 is 2.40 bits per heavy atom. The molecule has 10 heavy (non-hydrogen) atoms. The second-order valence-corrected chi connectivity index (χ2v) is 2.55. The van der Waals surface area contributed by atoms with Gasteiger partial charge in [-0.15, -0.1) is 0 Å². The van der Waals surface area contributed by atoms with Gasteiger partial charge >= 0.3 is 5.97 Å². The Bertz CT molecular complexity index is 171. The predicted octanol–water partition coefficient (Wildman–Crippen LogP) is 1.40. The smallest absolute Gasteiger partial charge is 0.310 e. The van der Waals surface area contributed by atoms with Crippen LogP contribution in [0.3, 0.4) is 0 Å². The van der Waals surface area contributed by atoms with Crippen molar-refractivity contribution in [1.29, 1.82) is 5.26 Å². The molecule has 0 saturated heterocycles. The maximum Gasteiger partial charge on any atom is 0.310 e. The molecule has 0 aromatic heterocycles. The van der Waals surface area contributed by atoms with E-state index in [-0.39, 0.29) is 6.42 Å². The number of hydrogen-bond donors (Lipinski definition) is 1. The average Bonchev–Trinajstić information content (AvgIpc) is 1.88. The van der Waals surface area contributed by atoms with Crippen LogP contribution in [-0.4, -0.2) is 11.1 Å². The Labute approximate surface area is 60.3 Å². The van der Waals surface area contributed by atoms with E-state index in [1.165, 1.54) is 0 Å². The lowest BCUT2D eigenvalue weighted by Gasteiger charge is -2.18. The quantitative estimate of drug-likeness (QED) is 0.646. The largest absolute Gasteiger partial charge is 0.481 e. The van der Waals surface area contributed by atoms with Crippen molar-refractivity contribution in [1.82, 2.24) is 0 Å². The minimum absolute atomic E-state index is 0.0822. The van der Waals surface area contributed by atoms with Gasteiger partial charge in [0.25, 0.3) is 0 Å². The summed E-state index contributed by atoms with van der Waals surface area (Å²) in [4.78, 5) is 10.5. The number of carboxylic acids is 1. The van der Waals surface area contributed by atoms with E-state index in [0.29, 0.717) is 6.42 Å². The second kappa shape index (κ2) is 3.21. The molecule has 0 spiro atoms. The van der Waals surface area contributed by atoms with Crippen LogP contribution in [0.1, 0.15) is 26.7 Å². The van der Waals surface area contributed by atoms with Crippen LogP contribution in [0.5, 0.6) is 0 Å². The molecular weight excluding hydrogens is 130 g/mol. The van der Waals surface area contributed by atoms with Gasteiger partial charge in [0.2, 0.25) is 0 Å². The van der Waals surface area contributed by atoms with Crippen molar-refractivity contribution in [3.8, 4) is 6.07 Å². The molecule has 1 unspecified atom stereocenters.